The van der Waals surface area contributed by atoms with Gasteiger partial charge in [-0.2, -0.15) is 0 Å². The van der Waals surface area contributed by atoms with Gasteiger partial charge in [0, 0.05) is 19.2 Å². The molecule has 0 aromatic heterocycles. The first-order valence-corrected chi connectivity index (χ1v) is 6.49. The summed E-state index contributed by atoms with van der Waals surface area (Å²) in [5, 5.41) is 2.69. The van der Waals surface area contributed by atoms with Crippen LogP contribution in [0.15, 0.2) is 18.2 Å². The van der Waals surface area contributed by atoms with Crippen molar-refractivity contribution in [1.29, 1.82) is 0 Å². The van der Waals surface area contributed by atoms with Gasteiger partial charge >= 0.3 is 0 Å². The molecular formula is C13H15ClFNO3. The van der Waals surface area contributed by atoms with Crippen LogP contribution in [0.5, 0.6) is 5.75 Å². The minimum atomic E-state index is -0.517. The van der Waals surface area contributed by atoms with E-state index in [0.29, 0.717) is 12.3 Å². The molecule has 0 saturated carbocycles. The van der Waals surface area contributed by atoms with Crippen LogP contribution >= 0.6 is 11.6 Å². The maximum Gasteiger partial charge on any atom is 0.258 e. The number of nitrogens with one attached hydrogen (secondary N) is 1. The molecule has 1 amide bonds. The first kappa shape index (κ1) is 14.1. The van der Waals surface area contributed by atoms with Gasteiger partial charge in [0.25, 0.3) is 5.91 Å². The fourth-order valence-corrected chi connectivity index (χ4v) is 1.97. The Labute approximate surface area is 115 Å². The van der Waals surface area contributed by atoms with Crippen molar-refractivity contribution in [1.82, 2.24) is 5.32 Å². The molecule has 1 aromatic rings. The molecule has 1 aliphatic heterocycles. The quantitative estimate of drug-likeness (QED) is 0.903. The van der Waals surface area contributed by atoms with Crippen LogP contribution in [0, 0.1) is 5.82 Å². The van der Waals surface area contributed by atoms with Crippen molar-refractivity contribution in [2.75, 3.05) is 19.8 Å². The third-order valence-corrected chi connectivity index (χ3v) is 3.10. The molecule has 1 saturated heterocycles. The highest BCUT2D eigenvalue weighted by Gasteiger charge is 2.16. The summed E-state index contributed by atoms with van der Waals surface area (Å²) in [6.45, 7) is 1.12. The largest absolute Gasteiger partial charge is 0.484 e. The molecule has 104 valence electrons. The number of carbonyl (C=O) groups is 1. The molecule has 19 heavy (non-hydrogen) atoms. The highest BCUT2D eigenvalue weighted by atomic mass is 35.5. The van der Waals surface area contributed by atoms with E-state index >= 15 is 0 Å². The molecule has 0 aliphatic carbocycles. The average Bonchev–Trinajstić information content (AvgIpc) is 2.91. The van der Waals surface area contributed by atoms with Crippen LogP contribution in [0.25, 0.3) is 0 Å². The minimum absolute atomic E-state index is 0.0303. The van der Waals surface area contributed by atoms with E-state index < -0.39 is 5.82 Å². The summed E-state index contributed by atoms with van der Waals surface area (Å²) < 4.78 is 23.5. The number of carbonyl (C=O) groups excluding carboxylic acids is 1. The summed E-state index contributed by atoms with van der Waals surface area (Å²) in [5.41, 5.74) is 0. The van der Waals surface area contributed by atoms with E-state index in [9.17, 15) is 9.18 Å². The van der Waals surface area contributed by atoms with E-state index in [0.717, 1.165) is 19.4 Å². The Morgan fingerprint density at radius 2 is 2.42 bits per heavy atom. The number of ether oxygens (including phenoxy) is 2. The Balaban J connectivity index is 1.71. The molecule has 4 nitrogen and oxygen atoms in total. The second-order valence-electron chi connectivity index (χ2n) is 4.30. The van der Waals surface area contributed by atoms with Crippen molar-refractivity contribution in [3.05, 3.63) is 29.0 Å². The van der Waals surface area contributed by atoms with Gasteiger partial charge in [-0.15, -0.1) is 0 Å². The van der Waals surface area contributed by atoms with Crippen molar-refractivity contribution in [3.63, 3.8) is 0 Å². The summed E-state index contributed by atoms with van der Waals surface area (Å²) in [5.74, 6) is -0.397. The van der Waals surface area contributed by atoms with Crippen molar-refractivity contribution < 1.29 is 18.7 Å². The average molecular weight is 288 g/mol. The maximum atomic E-state index is 12.9. The molecule has 1 fully saturated rings. The maximum absolute atomic E-state index is 12.9. The normalized spacial score (nSPS) is 18.3. The Morgan fingerprint density at radius 3 is 3.11 bits per heavy atom. The van der Waals surface area contributed by atoms with Crippen LogP contribution in [0.1, 0.15) is 12.8 Å². The molecule has 2 rings (SSSR count). The number of hydrogen-bond acceptors (Lipinski definition) is 3. The molecular weight excluding hydrogens is 273 g/mol. The van der Waals surface area contributed by atoms with Crippen LogP contribution in [0.3, 0.4) is 0 Å². The molecule has 6 heteroatoms. The first-order valence-electron chi connectivity index (χ1n) is 6.11. The lowest BCUT2D eigenvalue weighted by Gasteiger charge is -2.11. The van der Waals surface area contributed by atoms with E-state index in [1.54, 1.807) is 0 Å². The smallest absolute Gasteiger partial charge is 0.258 e. The second kappa shape index (κ2) is 6.73. The lowest BCUT2D eigenvalue weighted by atomic mass is 10.2. The second-order valence-corrected chi connectivity index (χ2v) is 4.71. The molecule has 1 aromatic carbocycles. The van der Waals surface area contributed by atoms with Gasteiger partial charge in [0.15, 0.2) is 6.61 Å². The zero-order valence-electron chi connectivity index (χ0n) is 10.3. The predicted octanol–water partition coefficient (Wildman–Crippen LogP) is 2.15. The first-order chi connectivity index (χ1) is 9.15. The van der Waals surface area contributed by atoms with Crippen molar-refractivity contribution in [3.8, 4) is 5.75 Å². The number of halogens is 2. The van der Waals surface area contributed by atoms with E-state index in [1.807, 2.05) is 0 Å². The Bertz CT molecular complexity index is 450. The van der Waals surface area contributed by atoms with E-state index in [4.69, 9.17) is 21.1 Å². The lowest BCUT2D eigenvalue weighted by molar-refractivity contribution is -0.123. The van der Waals surface area contributed by atoms with Crippen LogP contribution in [0.2, 0.25) is 5.02 Å². The van der Waals surface area contributed by atoms with Gasteiger partial charge < -0.3 is 14.8 Å². The van der Waals surface area contributed by atoms with Gasteiger partial charge in [-0.05, 0) is 25.0 Å². The van der Waals surface area contributed by atoms with Gasteiger partial charge in [-0.25, -0.2) is 4.39 Å². The van der Waals surface area contributed by atoms with Crippen LogP contribution in [-0.4, -0.2) is 31.8 Å². The van der Waals surface area contributed by atoms with Gasteiger partial charge in [-0.3, -0.25) is 4.79 Å². The molecule has 0 radical (unpaired) electrons. The Hall–Kier alpha value is -1.33. The highest BCUT2D eigenvalue weighted by Crippen LogP contribution is 2.20. The van der Waals surface area contributed by atoms with E-state index in [1.165, 1.54) is 18.2 Å². The summed E-state index contributed by atoms with van der Waals surface area (Å²) in [6.07, 6.45) is 2.10. The monoisotopic (exact) mass is 287 g/mol. The Kier molecular flexibility index (Phi) is 4.99. The summed E-state index contributed by atoms with van der Waals surface area (Å²) >= 11 is 5.60. The molecule has 0 unspecified atom stereocenters. The summed E-state index contributed by atoms with van der Waals surface area (Å²) in [6, 6.07) is 3.96. The van der Waals surface area contributed by atoms with Crippen molar-refractivity contribution in [2.24, 2.45) is 0 Å². The topological polar surface area (TPSA) is 47.6 Å². The lowest BCUT2D eigenvalue weighted by Crippen LogP contribution is -2.35. The zero-order chi connectivity index (χ0) is 13.7. The molecule has 1 atom stereocenters. The third-order valence-electron chi connectivity index (χ3n) is 2.81. The molecule has 0 spiro atoms. The van der Waals surface area contributed by atoms with Crippen LogP contribution in [0.4, 0.5) is 4.39 Å². The predicted molar refractivity (Wildman–Crippen MR) is 68.9 cm³/mol. The fraction of sp³-hybridized carbons (Fsp3) is 0.462. The number of amides is 1. The Morgan fingerprint density at radius 1 is 1.58 bits per heavy atom. The van der Waals surface area contributed by atoms with Crippen LogP contribution in [-0.2, 0) is 9.53 Å². The summed E-state index contributed by atoms with van der Waals surface area (Å²) in [7, 11) is 0. The van der Waals surface area contributed by atoms with Gasteiger partial charge in [-0.1, -0.05) is 11.6 Å². The third kappa shape index (κ3) is 4.36. The molecule has 1 N–H and O–H groups in total. The van der Waals surface area contributed by atoms with Gasteiger partial charge in [0.05, 0.1) is 11.1 Å². The standard InChI is InChI=1S/C13H15ClFNO3/c14-11-6-9(3-4-12(11)15)19-8-13(17)16-7-10-2-1-5-18-10/h3-4,6,10H,1-2,5,7-8H2,(H,16,17)/t10-/m1/s1. The van der Waals surface area contributed by atoms with Crippen molar-refractivity contribution in [2.45, 2.75) is 18.9 Å². The minimum Gasteiger partial charge on any atom is -0.484 e. The molecule has 0 bridgehead atoms. The van der Waals surface area contributed by atoms with Gasteiger partial charge in [0.2, 0.25) is 0 Å². The van der Waals surface area contributed by atoms with Crippen LogP contribution < -0.4 is 10.1 Å². The molecule has 1 heterocycles. The van der Waals surface area contributed by atoms with Gasteiger partial charge in [0.1, 0.15) is 11.6 Å². The summed E-state index contributed by atoms with van der Waals surface area (Å²) in [4.78, 5) is 11.5. The SMILES string of the molecule is O=C(COc1ccc(F)c(Cl)c1)NC[C@H]1CCCO1. The van der Waals surface area contributed by atoms with E-state index in [-0.39, 0.29) is 23.6 Å². The highest BCUT2D eigenvalue weighted by molar-refractivity contribution is 6.30. The van der Waals surface area contributed by atoms with Crippen molar-refractivity contribution >= 4 is 17.5 Å². The molecule has 1 aliphatic rings. The number of rotatable bonds is 5. The van der Waals surface area contributed by atoms with E-state index in [2.05, 4.69) is 5.32 Å². The number of hydrogen-bond donors (Lipinski definition) is 1. The number of benzene rings is 1. The fourth-order valence-electron chi connectivity index (χ4n) is 1.80. The zero-order valence-corrected chi connectivity index (χ0v) is 11.1.